The molecule has 11 rings (SSSR count). The fraction of sp³-hybridized carbons (Fsp3) is 0.0484. The predicted octanol–water partition coefficient (Wildman–Crippen LogP) is 15.8. The number of rotatable bonds is 9. The van der Waals surface area contributed by atoms with Gasteiger partial charge in [-0.15, -0.1) is 0 Å². The lowest BCUT2D eigenvalue weighted by Gasteiger charge is -2.33. The summed E-state index contributed by atoms with van der Waals surface area (Å²) >= 11 is 0. The topological polar surface area (TPSA) is 39.1 Å². The van der Waals surface area contributed by atoms with Gasteiger partial charge in [0.1, 0.15) is 0 Å². The lowest BCUT2D eigenvalue weighted by molar-refractivity contribution is 0.660. The fourth-order valence-corrected chi connectivity index (χ4v) is 9.86. The standard InChI is InChI=1S/C62H47N3/c1-62(2)53-29-16-15-27-51(53)59-54(62)30-18-32-57(59)65(49-39-37-45(38-40-49)44-35-33-43(34-36-44)42-19-7-3-8-20-42)56-31-17-28-50-52(56)41-55(46-21-9-4-10-22-46)64-61(50)58(47-23-11-5-12-24-47)60(63)48-25-13-6-14-26-48/h3-41,63-64H,1-2H3/b61-58-,63-60?. The number of fused-ring (bicyclic) bond motifs is 4. The molecule has 3 heteroatoms. The Kier molecular flexibility index (Phi) is 10.0. The summed E-state index contributed by atoms with van der Waals surface area (Å²) < 4.78 is 0. The maximum absolute atomic E-state index is 9.89. The third-order valence-electron chi connectivity index (χ3n) is 13.1. The summed E-state index contributed by atoms with van der Waals surface area (Å²) in [7, 11) is 0. The number of anilines is 3. The summed E-state index contributed by atoms with van der Waals surface area (Å²) in [6.07, 6.45) is 2.30. The largest absolute Gasteiger partial charge is 0.354 e. The minimum absolute atomic E-state index is 0.178. The molecule has 0 fully saturated rings. The zero-order valence-corrected chi connectivity index (χ0v) is 36.5. The third-order valence-corrected chi connectivity index (χ3v) is 13.1. The van der Waals surface area contributed by atoms with Gasteiger partial charge >= 0.3 is 0 Å². The van der Waals surface area contributed by atoms with E-state index in [0.717, 1.165) is 67.4 Å². The molecule has 0 spiro atoms. The lowest BCUT2D eigenvalue weighted by Crippen LogP contribution is -2.22. The molecule has 65 heavy (non-hydrogen) atoms. The van der Waals surface area contributed by atoms with Crippen LogP contribution in [-0.2, 0) is 5.41 Å². The monoisotopic (exact) mass is 833 g/mol. The quantitative estimate of drug-likeness (QED) is 0.142. The Morgan fingerprint density at radius 3 is 1.55 bits per heavy atom. The molecule has 3 nitrogen and oxygen atoms in total. The Morgan fingerprint density at radius 1 is 0.431 bits per heavy atom. The number of benzene rings is 9. The molecule has 310 valence electrons. The van der Waals surface area contributed by atoms with E-state index in [-0.39, 0.29) is 5.41 Å². The average molecular weight is 834 g/mol. The number of nitrogens with one attached hydrogen (secondary N) is 2. The molecule has 1 aliphatic heterocycles. The van der Waals surface area contributed by atoms with Crippen LogP contribution in [0.25, 0.3) is 56.4 Å². The zero-order valence-electron chi connectivity index (χ0n) is 36.5. The first kappa shape index (κ1) is 39.6. The van der Waals surface area contributed by atoms with E-state index in [0.29, 0.717) is 5.71 Å². The van der Waals surface area contributed by atoms with Crippen molar-refractivity contribution in [3.63, 3.8) is 0 Å². The number of hydrogen-bond acceptors (Lipinski definition) is 3. The molecule has 9 aromatic rings. The molecule has 0 saturated carbocycles. The Bertz CT molecular complexity index is 3270. The Labute approximate surface area is 381 Å². The first-order chi connectivity index (χ1) is 31.9. The molecule has 2 aliphatic rings. The van der Waals surface area contributed by atoms with E-state index in [9.17, 15) is 5.41 Å². The Balaban J connectivity index is 1.15. The molecule has 0 bridgehead atoms. The Hall–Kier alpha value is -8.27. The fourth-order valence-electron chi connectivity index (χ4n) is 9.86. The van der Waals surface area contributed by atoms with Crippen LogP contribution in [0.1, 0.15) is 52.8 Å². The molecule has 2 N–H and O–H groups in total. The van der Waals surface area contributed by atoms with Gasteiger partial charge in [0.25, 0.3) is 0 Å². The van der Waals surface area contributed by atoms with Crippen molar-refractivity contribution < 1.29 is 0 Å². The van der Waals surface area contributed by atoms with Crippen molar-refractivity contribution in [2.45, 2.75) is 19.3 Å². The molecule has 0 saturated heterocycles. The van der Waals surface area contributed by atoms with Gasteiger partial charge in [0.2, 0.25) is 0 Å². The SMILES string of the molecule is CC1(C)c2ccccc2-c2c(N(c3ccc(-c4ccc(-c5ccccc5)cc4)cc3)c3cccc4c3C=C(c3ccccc3)N/C4=C(\C(=N)c3ccccc3)c3ccccc3)cccc21. The molecule has 9 aromatic carbocycles. The van der Waals surface area contributed by atoms with E-state index in [4.69, 9.17) is 0 Å². The van der Waals surface area contributed by atoms with Crippen molar-refractivity contribution >= 4 is 45.8 Å². The molecule has 0 aromatic heterocycles. The van der Waals surface area contributed by atoms with E-state index in [1.807, 2.05) is 36.4 Å². The van der Waals surface area contributed by atoms with Crippen molar-refractivity contribution in [2.75, 3.05) is 4.90 Å². The number of allylic oxidation sites excluding steroid dienone is 1. The molecular formula is C62H47N3. The van der Waals surface area contributed by atoms with E-state index in [1.165, 1.54) is 38.9 Å². The van der Waals surface area contributed by atoms with Crippen LogP contribution in [0.2, 0.25) is 0 Å². The van der Waals surface area contributed by atoms with Gasteiger partial charge in [-0.05, 0) is 80.4 Å². The smallest absolute Gasteiger partial charge is 0.0711 e. The van der Waals surface area contributed by atoms with Crippen LogP contribution in [0, 0.1) is 5.41 Å². The van der Waals surface area contributed by atoms with E-state index in [1.54, 1.807) is 0 Å². The van der Waals surface area contributed by atoms with Crippen molar-refractivity contribution in [3.8, 4) is 33.4 Å². The molecular weight excluding hydrogens is 787 g/mol. The summed E-state index contributed by atoms with van der Waals surface area (Å²) in [6, 6.07) is 81.8. The van der Waals surface area contributed by atoms with Crippen molar-refractivity contribution in [2.24, 2.45) is 0 Å². The molecule has 0 radical (unpaired) electrons. The van der Waals surface area contributed by atoms with Gasteiger partial charge in [-0.2, -0.15) is 0 Å². The Morgan fingerprint density at radius 2 is 0.908 bits per heavy atom. The van der Waals surface area contributed by atoms with Crippen LogP contribution in [0.5, 0.6) is 0 Å². The van der Waals surface area contributed by atoms with Crippen LogP contribution in [-0.4, -0.2) is 5.71 Å². The summed E-state index contributed by atoms with van der Waals surface area (Å²) in [5, 5.41) is 13.8. The first-order valence-electron chi connectivity index (χ1n) is 22.3. The second kappa shape index (κ2) is 16.5. The van der Waals surface area contributed by atoms with Crippen LogP contribution >= 0.6 is 0 Å². The minimum atomic E-state index is -0.178. The maximum atomic E-state index is 9.89. The van der Waals surface area contributed by atoms with Gasteiger partial charge in [0, 0.05) is 44.6 Å². The van der Waals surface area contributed by atoms with Crippen LogP contribution in [0.3, 0.4) is 0 Å². The summed E-state index contributed by atoms with van der Waals surface area (Å²) in [4.78, 5) is 2.46. The van der Waals surface area contributed by atoms with Crippen LogP contribution in [0.4, 0.5) is 17.1 Å². The first-order valence-corrected chi connectivity index (χ1v) is 22.3. The molecule has 1 aliphatic carbocycles. The average Bonchev–Trinajstić information content (AvgIpc) is 3.61. The van der Waals surface area contributed by atoms with Crippen molar-refractivity contribution in [3.05, 3.63) is 269 Å². The zero-order chi connectivity index (χ0) is 43.9. The highest BCUT2D eigenvalue weighted by atomic mass is 15.1. The second-order valence-corrected chi connectivity index (χ2v) is 17.3. The van der Waals surface area contributed by atoms with Gasteiger partial charge < -0.3 is 10.2 Å². The molecule has 0 atom stereocenters. The highest BCUT2D eigenvalue weighted by Crippen LogP contribution is 2.55. The predicted molar refractivity (Wildman–Crippen MR) is 274 cm³/mol. The molecule has 0 unspecified atom stereocenters. The summed E-state index contributed by atoms with van der Waals surface area (Å²) in [6.45, 7) is 4.69. The highest BCUT2D eigenvalue weighted by molar-refractivity contribution is 6.36. The summed E-state index contributed by atoms with van der Waals surface area (Å²) in [5.74, 6) is 0. The maximum Gasteiger partial charge on any atom is 0.0711 e. The molecule has 1 heterocycles. The van der Waals surface area contributed by atoms with Crippen LogP contribution in [0.15, 0.2) is 231 Å². The number of hydrogen-bond donors (Lipinski definition) is 2. The van der Waals surface area contributed by atoms with Crippen molar-refractivity contribution in [1.29, 1.82) is 5.41 Å². The second-order valence-electron chi connectivity index (χ2n) is 17.3. The van der Waals surface area contributed by atoms with Gasteiger partial charge in [-0.25, -0.2) is 0 Å². The van der Waals surface area contributed by atoms with Gasteiger partial charge in [0.05, 0.1) is 22.8 Å². The van der Waals surface area contributed by atoms with Gasteiger partial charge in [-0.1, -0.05) is 220 Å². The lowest BCUT2D eigenvalue weighted by atomic mass is 9.82. The van der Waals surface area contributed by atoms with Crippen LogP contribution < -0.4 is 10.2 Å². The van der Waals surface area contributed by atoms with E-state index in [2.05, 4.69) is 224 Å². The summed E-state index contributed by atoms with van der Waals surface area (Å²) in [5.41, 5.74) is 21.1. The normalized spacial score (nSPS) is 14.0. The molecule has 0 amide bonds. The highest BCUT2D eigenvalue weighted by Gasteiger charge is 2.38. The third kappa shape index (κ3) is 7.08. The number of nitrogens with zero attached hydrogens (tertiary/aromatic N) is 1. The van der Waals surface area contributed by atoms with Gasteiger partial charge in [-0.3, -0.25) is 5.41 Å². The van der Waals surface area contributed by atoms with Gasteiger partial charge in [0.15, 0.2) is 0 Å². The minimum Gasteiger partial charge on any atom is -0.354 e. The van der Waals surface area contributed by atoms with E-state index >= 15 is 0 Å². The van der Waals surface area contributed by atoms with E-state index < -0.39 is 0 Å². The van der Waals surface area contributed by atoms with Crippen molar-refractivity contribution in [1.82, 2.24) is 5.32 Å².